The number of phenols is 7. The Bertz CT molecular complexity index is 7130. The van der Waals surface area contributed by atoms with E-state index in [0.717, 1.165) is 204 Å². The third-order valence-electron chi connectivity index (χ3n) is 35.4. The van der Waals surface area contributed by atoms with E-state index in [4.69, 9.17) is 33.2 Å². The predicted molar refractivity (Wildman–Crippen MR) is 575 cm³/mol. The van der Waals surface area contributed by atoms with Crippen molar-refractivity contribution < 1.29 is 86.5 Å². The third kappa shape index (κ3) is 18.0. The number of aryl methyl sites for hydroxylation is 1. The van der Waals surface area contributed by atoms with Crippen LogP contribution in [0.1, 0.15) is 289 Å². The number of allylic oxidation sites excluding steroid dienone is 2. The Hall–Kier alpha value is -14.3. The maximum absolute atomic E-state index is 14.7. The summed E-state index contributed by atoms with van der Waals surface area (Å²) >= 11 is 0. The van der Waals surface area contributed by atoms with E-state index in [9.17, 15) is 53.3 Å². The van der Waals surface area contributed by atoms with E-state index in [0.29, 0.717) is 51.2 Å². The standard InChI is InChI=1S/C20H22O2.C19H19FO2.C19H17FO2.C19H19FO2.C19H20O2.C18H17FO2.C18H18O2/c1-14-6-5-7-17-19(14)22-18-8-3-2-4-13-20(17,18)15-9-11-16(21)12-10-15;2*20-15-5-4-6-16-18(15)19(13-8-10-14(21)11-9-13)12-3-1-2-7-17(19)22-16;20-14-7-10-17-16(12-14)19(13-5-8-15(21)9-6-13)11-3-1-2-4-18(19)22-17;20-15-11-9-14(10-12-15)19-13-5-1-2-8-18(19)21-17-7-4-3-6-16(17)19;19-14-4-3-5-15-17(14)18(11-2-1-6-16(18)21-15)12-7-9-13(20)10-8-12;19-14-10-8-13(9-11-14)18-12-4-3-7-17(18)20-16-6-2-1-5-15(16)18/h5-7,9-12,18,21H,2-4,8,13H2,1H3;4-6,8-11,17,21H,1-3,7,12H2;4-11,21H,1-3,12H2;5-10,12,18,21H,1-4,11H2;3-4,6-7,9-12,18,20H,1-2,5,8,13H2;3-5,7-10,16,20H,1-2,6,11H2;1-2,5-6,8-11,17,19H,3-4,7,12H2. The average Bonchev–Trinajstić information content (AvgIpc) is 1.68. The van der Waals surface area contributed by atoms with Gasteiger partial charge in [-0.1, -0.05) is 228 Å². The minimum Gasteiger partial charge on any atom is -0.508 e. The number of hydrogen-bond donors (Lipinski definition) is 7. The van der Waals surface area contributed by atoms with Gasteiger partial charge in [0, 0.05) is 38.9 Å². The van der Waals surface area contributed by atoms with Crippen LogP contribution < -0.4 is 33.2 Å². The van der Waals surface area contributed by atoms with Crippen molar-refractivity contribution >= 4 is 0 Å². The second-order valence-corrected chi connectivity index (χ2v) is 43.4. The van der Waals surface area contributed by atoms with Gasteiger partial charge in [-0.25, -0.2) is 17.6 Å². The number of rotatable bonds is 7. The molecule has 13 atom stereocenters. The summed E-state index contributed by atoms with van der Waals surface area (Å²) in [4.78, 5) is 0. The minimum atomic E-state index is -0.565. The Kier molecular flexibility index (Phi) is 28.3. The number of fused-ring (bicyclic) bond motifs is 21. The molecule has 7 N–H and O–H groups in total. The molecule has 7 aliphatic heterocycles. The van der Waals surface area contributed by atoms with Crippen molar-refractivity contribution in [1.82, 2.24) is 0 Å². The molecule has 14 aromatic rings. The van der Waals surface area contributed by atoms with Gasteiger partial charge in [-0.3, -0.25) is 0 Å². The molecule has 14 aromatic carbocycles. The SMILES string of the molecule is Cc1cccc2c1OC1CCCCCC21c1ccc(O)cc1.Oc1ccc(C23CCCCC2Oc2cccc(F)c23)cc1.Oc1ccc(C23CCCCC2Oc2ccccc23)cc1.Oc1ccc(C23CCCCC=C2Oc2cccc(F)c23)cc1.Oc1ccc(C23CCCCCC2Oc2ccc(F)cc23)cc1.Oc1ccc(C23CCCCCC2Oc2cccc(F)c23)cc1.Oc1ccc(C23CCCCCC2Oc2ccccc23)cc1. The van der Waals surface area contributed by atoms with E-state index in [-0.39, 0.29) is 105 Å². The second kappa shape index (κ2) is 42.3. The molecule has 772 valence electrons. The van der Waals surface area contributed by atoms with Crippen LogP contribution in [0.25, 0.3) is 0 Å². The van der Waals surface area contributed by atoms with E-state index in [1.165, 1.54) is 121 Å². The number of aromatic hydroxyl groups is 7. The minimum absolute atomic E-state index is 0.0114. The van der Waals surface area contributed by atoms with Crippen LogP contribution in [-0.4, -0.2) is 72.4 Å². The normalized spacial score (nSPS) is 26.4. The van der Waals surface area contributed by atoms with Crippen molar-refractivity contribution in [3.8, 4) is 80.5 Å². The van der Waals surface area contributed by atoms with Gasteiger partial charge in [-0.15, -0.1) is 0 Å². The highest BCUT2D eigenvalue weighted by atomic mass is 19.1. The van der Waals surface area contributed by atoms with E-state index < -0.39 is 16.2 Å². The zero-order valence-corrected chi connectivity index (χ0v) is 85.1. The Labute approximate surface area is 876 Å². The van der Waals surface area contributed by atoms with Crippen molar-refractivity contribution in [1.29, 1.82) is 0 Å². The molecular weight excluding hydrogens is 1890 g/mol. The first-order valence-corrected chi connectivity index (χ1v) is 54.6. The van der Waals surface area contributed by atoms with Gasteiger partial charge in [0.05, 0.1) is 37.9 Å². The Morgan fingerprint density at radius 1 is 0.233 bits per heavy atom. The van der Waals surface area contributed by atoms with Crippen LogP contribution in [0.2, 0.25) is 0 Å². The van der Waals surface area contributed by atoms with Gasteiger partial charge in [-0.2, -0.15) is 0 Å². The molecule has 7 heterocycles. The third-order valence-corrected chi connectivity index (χ3v) is 35.4. The van der Waals surface area contributed by atoms with Crippen molar-refractivity contribution in [3.05, 3.63) is 428 Å². The Morgan fingerprint density at radius 3 is 0.927 bits per heavy atom. The van der Waals surface area contributed by atoms with Crippen molar-refractivity contribution in [3.63, 3.8) is 0 Å². The van der Waals surface area contributed by atoms with Crippen LogP contribution in [-0.2, 0) is 37.9 Å². The van der Waals surface area contributed by atoms with Crippen molar-refractivity contribution in [2.75, 3.05) is 0 Å². The molecule has 18 heteroatoms. The summed E-state index contributed by atoms with van der Waals surface area (Å²) in [7, 11) is 0. The fraction of sp³-hybridized carbons (Fsp3) is 0.348. The largest absolute Gasteiger partial charge is 0.508 e. The molecule has 0 amide bonds. The van der Waals surface area contributed by atoms with Crippen molar-refractivity contribution in [2.24, 2.45) is 0 Å². The smallest absolute Gasteiger partial charge is 0.134 e. The number of phenolic OH excluding ortho intramolecular Hbond substituents is 7. The summed E-state index contributed by atoms with van der Waals surface area (Å²) < 4.78 is 101. The lowest BCUT2D eigenvalue weighted by Crippen LogP contribution is -2.42. The molecule has 6 fully saturated rings. The fourth-order valence-corrected chi connectivity index (χ4v) is 28.5. The number of halogens is 4. The summed E-state index contributed by atoms with van der Waals surface area (Å²) in [5, 5.41) is 67.1. The molecule has 6 saturated carbocycles. The lowest BCUT2D eigenvalue weighted by atomic mass is 9.64. The van der Waals surface area contributed by atoms with Crippen LogP contribution in [0.5, 0.6) is 80.5 Å². The summed E-state index contributed by atoms with van der Waals surface area (Å²) in [6, 6.07) is 95.4. The molecule has 0 spiro atoms. The first-order chi connectivity index (χ1) is 73.2. The highest BCUT2D eigenvalue weighted by Gasteiger charge is 2.59. The maximum atomic E-state index is 14.7. The molecule has 14 nitrogen and oxygen atoms in total. The topological polar surface area (TPSA) is 206 Å². The molecular formula is C132H132F4O14. The zero-order valence-electron chi connectivity index (χ0n) is 85.1. The molecule has 28 rings (SSSR count). The van der Waals surface area contributed by atoms with Crippen molar-refractivity contribution in [2.45, 2.75) is 287 Å². The summed E-state index contributed by atoms with van der Waals surface area (Å²) in [6.07, 6.45) is 37.8. The molecule has 14 aliphatic rings. The first kappa shape index (κ1) is 100. The number of hydrogen-bond acceptors (Lipinski definition) is 14. The number of ether oxygens (including phenoxy) is 7. The van der Waals surface area contributed by atoms with Gasteiger partial charge >= 0.3 is 0 Å². The van der Waals surface area contributed by atoms with E-state index in [1.54, 1.807) is 115 Å². The lowest BCUT2D eigenvalue weighted by Gasteiger charge is -2.38. The van der Waals surface area contributed by atoms with Gasteiger partial charge in [0.2, 0.25) is 0 Å². The second-order valence-electron chi connectivity index (χ2n) is 43.4. The predicted octanol–water partition coefficient (Wildman–Crippen LogP) is 31.0. The number of para-hydroxylation sites is 3. The summed E-state index contributed by atoms with van der Waals surface area (Å²) in [5.74, 6) is 7.86. The van der Waals surface area contributed by atoms with Gasteiger partial charge in [-0.05, 0) is 344 Å². The molecule has 150 heavy (non-hydrogen) atoms. The maximum Gasteiger partial charge on any atom is 0.134 e. The fourth-order valence-electron chi connectivity index (χ4n) is 28.5. The average molecular weight is 2020 g/mol. The molecule has 0 saturated heterocycles. The molecule has 13 unspecified atom stereocenters. The van der Waals surface area contributed by atoms with Crippen LogP contribution in [0.15, 0.2) is 321 Å². The van der Waals surface area contributed by atoms with Crippen LogP contribution in [0, 0.1) is 30.2 Å². The van der Waals surface area contributed by atoms with E-state index in [2.05, 4.69) is 110 Å². The monoisotopic (exact) mass is 2020 g/mol. The van der Waals surface area contributed by atoms with Gasteiger partial charge in [0.15, 0.2) is 0 Å². The van der Waals surface area contributed by atoms with Crippen LogP contribution >= 0.6 is 0 Å². The molecule has 0 aromatic heterocycles. The van der Waals surface area contributed by atoms with Gasteiger partial charge in [0.1, 0.15) is 146 Å². The van der Waals surface area contributed by atoms with Gasteiger partial charge in [0.25, 0.3) is 0 Å². The number of benzene rings is 14. The van der Waals surface area contributed by atoms with E-state index in [1.807, 2.05) is 72.8 Å². The highest BCUT2D eigenvalue weighted by molar-refractivity contribution is 5.64. The van der Waals surface area contributed by atoms with Crippen LogP contribution in [0.4, 0.5) is 17.6 Å². The molecule has 0 bridgehead atoms. The quantitative estimate of drug-likeness (QED) is 0.0742. The van der Waals surface area contributed by atoms with Gasteiger partial charge < -0.3 is 68.9 Å². The van der Waals surface area contributed by atoms with E-state index >= 15 is 0 Å². The Morgan fingerprint density at radius 2 is 0.520 bits per heavy atom. The van der Waals surface area contributed by atoms with Crippen LogP contribution in [0.3, 0.4) is 0 Å². The first-order valence-electron chi connectivity index (χ1n) is 54.6. The highest BCUT2D eigenvalue weighted by Crippen LogP contribution is 2.63. The lowest BCUT2D eigenvalue weighted by molar-refractivity contribution is 0.122. The zero-order chi connectivity index (χ0) is 103. The molecule has 0 radical (unpaired) electrons. The summed E-state index contributed by atoms with van der Waals surface area (Å²) in [6.45, 7) is 2.13. The molecule has 7 aliphatic carbocycles. The summed E-state index contributed by atoms with van der Waals surface area (Å²) in [5.41, 5.74) is 14.4. The Balaban J connectivity index is 0.0000000989.